The van der Waals surface area contributed by atoms with Crippen LogP contribution in [-0.2, 0) is 11.2 Å². The van der Waals surface area contributed by atoms with Crippen molar-refractivity contribution in [2.45, 2.75) is 58.8 Å². The summed E-state index contributed by atoms with van der Waals surface area (Å²) in [5.41, 5.74) is 4.93. The summed E-state index contributed by atoms with van der Waals surface area (Å²) in [7, 11) is 0. The van der Waals surface area contributed by atoms with Crippen LogP contribution in [0.5, 0.6) is 11.5 Å². The van der Waals surface area contributed by atoms with Crippen LogP contribution in [0.3, 0.4) is 0 Å². The van der Waals surface area contributed by atoms with E-state index in [1.807, 2.05) is 45.9 Å². The molecule has 1 saturated heterocycles. The van der Waals surface area contributed by atoms with Gasteiger partial charge in [0.25, 0.3) is 5.89 Å². The summed E-state index contributed by atoms with van der Waals surface area (Å²) in [5, 5.41) is 13.0. The molecule has 2 heterocycles. The van der Waals surface area contributed by atoms with E-state index in [-0.39, 0.29) is 29.5 Å². The highest BCUT2D eigenvalue weighted by Crippen LogP contribution is 2.43. The molecule has 0 amide bonds. The first kappa shape index (κ1) is 32.6. The van der Waals surface area contributed by atoms with E-state index in [0.29, 0.717) is 41.1 Å². The van der Waals surface area contributed by atoms with Crippen LogP contribution in [0.2, 0.25) is 0 Å². The van der Waals surface area contributed by atoms with Crippen molar-refractivity contribution in [3.05, 3.63) is 107 Å². The van der Waals surface area contributed by atoms with E-state index in [2.05, 4.69) is 37.4 Å². The van der Waals surface area contributed by atoms with Gasteiger partial charge in [-0.25, -0.2) is 14.5 Å². The number of ether oxygens (including phenoxy) is 3. The lowest BCUT2D eigenvalue weighted by atomic mass is 10.0. The second-order valence-electron chi connectivity index (χ2n) is 11.5. The Kier molecular flexibility index (Phi) is 9.77. The maximum atomic E-state index is 10.7. The third kappa shape index (κ3) is 7.21. The molecule has 1 N–H and O–H groups in total. The van der Waals surface area contributed by atoms with Gasteiger partial charge in [0.1, 0.15) is 18.1 Å². The number of hydrogen-bond acceptors (Lipinski definition) is 8. The minimum atomic E-state index is -1.05. The third-order valence-corrected chi connectivity index (χ3v) is 7.58. The molecule has 2 aliphatic rings. The second kappa shape index (κ2) is 14.1. The molecule has 0 unspecified atom stereocenters. The Labute approximate surface area is 273 Å². The number of hydrogen-bond donors (Lipinski definition) is 1. The average Bonchev–Trinajstić information content (AvgIpc) is 3.81. The van der Waals surface area contributed by atoms with Crippen molar-refractivity contribution in [2.75, 3.05) is 13.2 Å². The zero-order valence-corrected chi connectivity index (χ0v) is 26.7. The molecule has 3 aromatic carbocycles. The van der Waals surface area contributed by atoms with Gasteiger partial charge in [0.2, 0.25) is 17.2 Å². The van der Waals surface area contributed by atoms with Gasteiger partial charge >= 0.3 is 5.97 Å². The quantitative estimate of drug-likeness (QED) is 0.191. The van der Waals surface area contributed by atoms with E-state index >= 15 is 0 Å². The molecule has 0 radical (unpaired) electrons. The lowest BCUT2D eigenvalue weighted by molar-refractivity contribution is 0.0697. The number of carboxylic acids is 1. The molecule has 1 aromatic heterocycles. The maximum absolute atomic E-state index is 10.7. The summed E-state index contributed by atoms with van der Waals surface area (Å²) < 4.78 is 22.2. The predicted octanol–water partition coefficient (Wildman–Crippen LogP) is 8.26. The van der Waals surface area contributed by atoms with E-state index in [1.165, 1.54) is 29.3 Å². The summed E-state index contributed by atoms with van der Waals surface area (Å²) in [6.45, 7) is 27.5. The summed E-state index contributed by atoms with van der Waals surface area (Å²) in [4.78, 5) is 24.4. The molecule has 1 aliphatic heterocycles. The molecule has 1 aliphatic carbocycles. The predicted molar refractivity (Wildman–Crippen MR) is 175 cm³/mol. The van der Waals surface area contributed by atoms with Gasteiger partial charge in [-0.2, -0.15) is 4.98 Å². The van der Waals surface area contributed by atoms with Gasteiger partial charge in [-0.3, -0.25) is 0 Å². The average molecular weight is 634 g/mol. The largest absolute Gasteiger partial charge is 0.502 e. The Morgan fingerprint density at radius 3 is 2.32 bits per heavy atom. The topological polar surface area (TPSA) is 116 Å². The first-order valence-corrected chi connectivity index (χ1v) is 15.2. The molecule has 6 rings (SSSR count). The summed E-state index contributed by atoms with van der Waals surface area (Å²) in [5.74, 6) is 1.62. The van der Waals surface area contributed by atoms with Gasteiger partial charge < -0.3 is 28.7 Å². The number of benzene rings is 3. The lowest BCUT2D eigenvalue weighted by Crippen LogP contribution is -2.22. The Hall–Kier alpha value is -5.81. The lowest BCUT2D eigenvalue weighted by Gasteiger charge is -2.25. The highest BCUT2D eigenvalue weighted by Gasteiger charge is 2.33. The Bertz CT molecular complexity index is 1880. The van der Waals surface area contributed by atoms with Crippen molar-refractivity contribution in [2.24, 2.45) is 0 Å². The van der Waals surface area contributed by atoms with Crippen LogP contribution < -0.4 is 9.47 Å². The third-order valence-electron chi connectivity index (χ3n) is 7.58. The number of carbonyl (C=O) groups is 1. The Morgan fingerprint density at radius 1 is 1.02 bits per heavy atom. The number of aromatic carboxylic acids is 1. The van der Waals surface area contributed by atoms with Crippen molar-refractivity contribution in [1.29, 1.82) is 0 Å². The smallest absolute Gasteiger partial charge is 0.334 e. The fourth-order valence-corrected chi connectivity index (χ4v) is 5.60. The van der Waals surface area contributed by atoms with E-state index in [1.54, 1.807) is 12.1 Å². The van der Waals surface area contributed by atoms with Crippen molar-refractivity contribution in [3.63, 3.8) is 0 Å². The Morgan fingerprint density at radius 2 is 1.70 bits per heavy atom. The number of nitrogens with zero attached hydrogens (tertiary/aromatic N) is 5. The first-order valence-electron chi connectivity index (χ1n) is 15.2. The summed E-state index contributed by atoms with van der Waals surface area (Å²) >= 11 is 0. The number of fused-ring (bicyclic) bond motifs is 1. The molecule has 47 heavy (non-hydrogen) atoms. The SMILES string of the molecule is [C-]#[N+]c1cc(-c2nc(-c3cccc4c3CC[C@@H]4N3CCOC3=C)no2)ccc1OC(C)C.[C-]#[N+]c1cc(C(=O)O)ccc1OC(C)C. The van der Waals surface area contributed by atoms with Gasteiger partial charge in [0.05, 0.1) is 37.9 Å². The molecule has 4 aromatic rings. The maximum Gasteiger partial charge on any atom is 0.334 e. The van der Waals surface area contributed by atoms with Gasteiger partial charge in [-0.05, 0) is 94.6 Å². The highest BCUT2D eigenvalue weighted by atomic mass is 16.5. The van der Waals surface area contributed by atoms with Crippen LogP contribution in [0.4, 0.5) is 11.4 Å². The van der Waals surface area contributed by atoms with Gasteiger partial charge in [-0.1, -0.05) is 23.4 Å². The van der Waals surface area contributed by atoms with E-state index < -0.39 is 5.97 Å². The number of carboxylic acid groups (broad SMARTS) is 1. The number of rotatable bonds is 8. The monoisotopic (exact) mass is 633 g/mol. The highest BCUT2D eigenvalue weighted by molar-refractivity contribution is 5.89. The molecule has 0 bridgehead atoms. The molecule has 11 nitrogen and oxygen atoms in total. The molecule has 1 atom stereocenters. The molecule has 11 heteroatoms. The molecular weight excluding hydrogens is 598 g/mol. The van der Waals surface area contributed by atoms with E-state index in [9.17, 15) is 4.79 Å². The Balaban J connectivity index is 0.000000244. The fraction of sp³-hybridized carbons (Fsp3) is 0.306. The number of aromatic nitrogens is 2. The van der Waals surface area contributed by atoms with Crippen molar-refractivity contribution in [1.82, 2.24) is 15.0 Å². The standard InChI is InChI=1S/C25H24N4O3.C11H11NO3/c1-15(2)31-23-11-8-17(14-21(23)26-4)25-27-24(28-32-25)20-7-5-6-19-18(20)9-10-22(19)29-12-13-30-16(29)3;1-7(2)15-10-5-4-8(11(13)14)6-9(10)12-3/h5-8,11,14-15,22H,3,9-10,12-13H2,1-2H3;4-7H,1-2H3,(H,13,14)/t22-;/m0./s1. The molecule has 0 spiro atoms. The molecule has 240 valence electrons. The summed E-state index contributed by atoms with van der Waals surface area (Å²) in [6, 6.07) is 16.1. The fourth-order valence-electron chi connectivity index (χ4n) is 5.60. The van der Waals surface area contributed by atoms with Crippen LogP contribution in [0.1, 0.15) is 61.6 Å². The minimum absolute atomic E-state index is 0.00958. The van der Waals surface area contributed by atoms with Crippen molar-refractivity contribution < 1.29 is 28.6 Å². The normalized spacial score (nSPS) is 14.9. The minimum Gasteiger partial charge on any atom is -0.502 e. The van der Waals surface area contributed by atoms with Crippen LogP contribution in [0, 0.1) is 13.1 Å². The van der Waals surface area contributed by atoms with E-state index in [4.69, 9.17) is 37.0 Å². The van der Waals surface area contributed by atoms with Gasteiger partial charge in [0, 0.05) is 16.7 Å². The van der Waals surface area contributed by atoms with Crippen LogP contribution in [0.25, 0.3) is 32.5 Å². The van der Waals surface area contributed by atoms with Crippen LogP contribution in [-0.4, -0.2) is 51.5 Å². The summed E-state index contributed by atoms with van der Waals surface area (Å²) in [6.07, 6.45) is 1.89. The van der Waals surface area contributed by atoms with Crippen molar-refractivity contribution >= 4 is 17.3 Å². The zero-order chi connectivity index (χ0) is 33.7. The van der Waals surface area contributed by atoms with Gasteiger partial charge in [-0.15, -0.1) is 0 Å². The van der Waals surface area contributed by atoms with Crippen molar-refractivity contribution in [3.8, 4) is 34.3 Å². The van der Waals surface area contributed by atoms with E-state index in [0.717, 1.165) is 30.8 Å². The second-order valence-corrected chi connectivity index (χ2v) is 11.5. The molecule has 1 fully saturated rings. The zero-order valence-electron chi connectivity index (χ0n) is 26.7. The first-order chi connectivity index (χ1) is 22.6. The van der Waals surface area contributed by atoms with Gasteiger partial charge in [0.15, 0.2) is 5.88 Å². The molecular formula is C36H35N5O6. The molecule has 0 saturated carbocycles. The van der Waals surface area contributed by atoms with Crippen LogP contribution in [0.15, 0.2) is 71.6 Å². The van der Waals surface area contributed by atoms with Crippen LogP contribution >= 0.6 is 0 Å².